The normalized spacial score (nSPS) is 13.3. The second-order valence-corrected chi connectivity index (χ2v) is 18.9. The molecule has 0 saturated carbocycles. The van der Waals surface area contributed by atoms with E-state index < -0.39 is 6.03 Å². The van der Waals surface area contributed by atoms with E-state index >= 15 is 0 Å². The average molecular weight is 1100 g/mol. The molecule has 16 nitrogen and oxygen atoms in total. The highest BCUT2D eigenvalue weighted by molar-refractivity contribution is 6.00. The molecule has 0 bridgehead atoms. The van der Waals surface area contributed by atoms with Crippen molar-refractivity contribution >= 4 is 46.2 Å². The van der Waals surface area contributed by atoms with Crippen LogP contribution in [0.15, 0.2) is 147 Å². The number of carbonyl (C=O) groups excluding carboxylic acids is 2. The number of urea groups is 1. The van der Waals surface area contributed by atoms with E-state index in [0.717, 1.165) is 59.8 Å². The molecule has 0 atom stereocenters. The minimum atomic E-state index is -0.465. The first-order valence-corrected chi connectivity index (χ1v) is 25.5. The molecule has 416 valence electrons. The summed E-state index contributed by atoms with van der Waals surface area (Å²) in [6, 6.07) is 40.1. The number of carbonyl (C=O) groups is 1. The maximum absolute atomic E-state index is 13.6. The zero-order valence-corrected chi connectivity index (χ0v) is 44.3. The van der Waals surface area contributed by atoms with Gasteiger partial charge in [0.1, 0.15) is 58.2 Å². The minimum Gasteiger partial charge on any atom is -0.399 e. The molecule has 0 unspecified atom stereocenters. The van der Waals surface area contributed by atoms with E-state index in [1.165, 1.54) is 54.6 Å². The van der Waals surface area contributed by atoms with E-state index in [9.17, 15) is 37.7 Å². The highest BCUT2D eigenvalue weighted by Gasteiger charge is 2.30. The van der Waals surface area contributed by atoms with Gasteiger partial charge in [0.05, 0.1) is 34.6 Å². The van der Waals surface area contributed by atoms with Crippen LogP contribution in [-0.2, 0) is 4.79 Å². The Bertz CT molecular complexity index is 3410. The molecule has 2 amide bonds. The molecule has 4 heterocycles. The number of nitrogens with one attached hydrogen (secondary N) is 2. The van der Waals surface area contributed by atoms with E-state index in [4.69, 9.17) is 14.8 Å². The number of nitrogen functional groups attached to an aromatic ring is 1. The third kappa shape index (κ3) is 14.8. The molecule has 20 heteroatoms. The maximum atomic E-state index is 13.6. The Balaban J connectivity index is 0.000000202. The predicted molar refractivity (Wildman–Crippen MR) is 303 cm³/mol. The number of rotatable bonds is 11. The number of aryl methyl sites for hydroxylation is 4. The summed E-state index contributed by atoms with van der Waals surface area (Å²) < 4.78 is 64.0. The van der Waals surface area contributed by atoms with Crippen LogP contribution in [0.4, 0.5) is 56.5 Å². The number of hydrogen-bond acceptors (Lipinski definition) is 14. The fourth-order valence-corrected chi connectivity index (χ4v) is 9.77. The highest BCUT2D eigenvalue weighted by Crippen LogP contribution is 2.34. The number of piperazine rings is 2. The number of nitriles is 2. The van der Waals surface area contributed by atoms with Crippen molar-refractivity contribution in [2.45, 2.75) is 47.2 Å². The number of halogens is 4. The number of aromatic nitrogens is 2. The Morgan fingerprint density at radius 1 is 0.568 bits per heavy atom. The van der Waals surface area contributed by atoms with Gasteiger partial charge in [0.25, 0.3) is 0 Å². The smallest absolute Gasteiger partial charge is 0.323 e. The van der Waals surface area contributed by atoms with E-state index in [-0.39, 0.29) is 42.8 Å². The fourth-order valence-electron chi connectivity index (χ4n) is 9.77. The van der Waals surface area contributed by atoms with Gasteiger partial charge in [-0.1, -0.05) is 66.3 Å². The molecule has 2 fully saturated rings. The van der Waals surface area contributed by atoms with E-state index in [0.29, 0.717) is 83.0 Å². The Morgan fingerprint density at radius 2 is 0.963 bits per heavy atom. The minimum absolute atomic E-state index is 0. The summed E-state index contributed by atoms with van der Waals surface area (Å²) in [7, 11) is 0. The number of anilines is 5. The highest BCUT2D eigenvalue weighted by atomic mass is 19.1. The second kappa shape index (κ2) is 27.3. The molecular weight excluding hydrogens is 1040 g/mol. The van der Waals surface area contributed by atoms with Crippen LogP contribution in [-0.4, -0.2) is 84.6 Å². The molecule has 6 aromatic carbocycles. The fraction of sp³-hybridized carbons (Fsp3) is 0.246. The zero-order valence-electron chi connectivity index (χ0n) is 44.3. The first-order chi connectivity index (χ1) is 38.6. The van der Waals surface area contributed by atoms with E-state index in [1.54, 1.807) is 94.4 Å². The molecule has 0 radical (unpaired) electrons. The summed E-state index contributed by atoms with van der Waals surface area (Å²) in [5.41, 5.74) is 15.5. The Hall–Kier alpha value is -9.59. The van der Waals surface area contributed by atoms with Gasteiger partial charge in [-0.2, -0.15) is 15.5 Å². The van der Waals surface area contributed by atoms with Crippen LogP contribution in [0.3, 0.4) is 0 Å². The topological polar surface area (TPSA) is 209 Å². The van der Waals surface area contributed by atoms with Crippen molar-refractivity contribution in [1.82, 2.24) is 20.1 Å². The molecule has 0 aliphatic carbocycles. The number of isocyanates is 1. The summed E-state index contributed by atoms with van der Waals surface area (Å²) in [5, 5.41) is 32.2. The van der Waals surface area contributed by atoms with Crippen molar-refractivity contribution in [3.05, 3.63) is 213 Å². The van der Waals surface area contributed by atoms with Gasteiger partial charge in [0, 0.05) is 63.7 Å². The zero-order chi connectivity index (χ0) is 56.9. The van der Waals surface area contributed by atoms with Crippen LogP contribution >= 0.6 is 0 Å². The standard InChI is InChI=1S/C30H28F2N6O2.C24H22F2N4.C6H6N2O2.CH4/c1-19-28(20(2)40-36-19)35-30(39)34-26-11-12-27(23(17-26)18-33)37-13-15-38(16-14-37)29(21-3-7-24(31)8-4-21)22-5-9-25(32)10-6-22;25-20-5-1-17(2-6-20)24(18-3-7-21(26)8-4-18)30-13-11-29(12-14-30)23-10-9-22(28)15-19(23)16-27;1-4-6(7-3-9)5(2)10-8-4;/h3-12,17,29H,13-16H2,1-2H3,(H2,34,35,39);1-10,15,24H,11-14,28H2;1-2H3;1H4. The number of hydrogen-bond donors (Lipinski definition) is 3. The first kappa shape index (κ1) is 59.1. The summed E-state index contributed by atoms with van der Waals surface area (Å²) >= 11 is 0. The number of aliphatic imine (C=N–C) groups is 1. The molecule has 8 aromatic rings. The van der Waals surface area contributed by atoms with Crippen LogP contribution in [0.2, 0.25) is 0 Å². The van der Waals surface area contributed by atoms with E-state index in [2.05, 4.69) is 57.7 Å². The van der Waals surface area contributed by atoms with Crippen LogP contribution < -0.4 is 26.2 Å². The second-order valence-electron chi connectivity index (χ2n) is 18.9. The SMILES string of the molecule is C.Cc1noc(C)c1N=C=O.Cc1noc(C)c1NC(=O)Nc1ccc(N2CCN(C(c3ccc(F)cc3)c3ccc(F)cc3)CC2)c(C#N)c1.N#Cc1cc(N)ccc1N1CCN(C(c2ccc(F)cc2)c2ccc(F)cc2)CC1. The van der Waals surface area contributed by atoms with Gasteiger partial charge in [-0.3, -0.25) is 9.80 Å². The number of amides is 2. The van der Waals surface area contributed by atoms with Crippen LogP contribution in [0.25, 0.3) is 0 Å². The van der Waals surface area contributed by atoms with E-state index in [1.807, 2.05) is 18.2 Å². The predicted octanol–water partition coefficient (Wildman–Crippen LogP) is 12.2. The molecular formula is C61H60F4N12O4. The lowest BCUT2D eigenvalue weighted by molar-refractivity contribution is 0.212. The van der Waals surface area contributed by atoms with Crippen molar-refractivity contribution in [2.75, 3.05) is 78.5 Å². The molecule has 2 aliphatic rings. The van der Waals surface area contributed by atoms with Crippen LogP contribution in [0, 0.1) is 73.6 Å². The number of nitrogens with zero attached hydrogens (tertiary/aromatic N) is 9. The molecule has 81 heavy (non-hydrogen) atoms. The van der Waals surface area contributed by atoms with Crippen molar-refractivity contribution in [3.8, 4) is 12.1 Å². The van der Waals surface area contributed by atoms with Gasteiger partial charge >= 0.3 is 6.03 Å². The maximum Gasteiger partial charge on any atom is 0.323 e. The number of nitrogens with two attached hydrogens (primary N) is 1. The molecule has 2 aliphatic heterocycles. The Morgan fingerprint density at radius 3 is 1.33 bits per heavy atom. The first-order valence-electron chi connectivity index (χ1n) is 25.5. The quantitative estimate of drug-likeness (QED) is 0.0477. The average Bonchev–Trinajstić information content (AvgIpc) is 4.02. The van der Waals surface area contributed by atoms with Gasteiger partial charge in [-0.15, -0.1) is 0 Å². The summed E-state index contributed by atoms with van der Waals surface area (Å²) in [5.74, 6) is -0.145. The van der Waals surface area contributed by atoms with Crippen molar-refractivity contribution in [3.63, 3.8) is 0 Å². The molecule has 10 rings (SSSR count). The molecule has 2 aromatic heterocycles. The lowest BCUT2D eigenvalue weighted by Crippen LogP contribution is -2.48. The van der Waals surface area contributed by atoms with Gasteiger partial charge in [0.2, 0.25) is 6.08 Å². The summed E-state index contributed by atoms with van der Waals surface area (Å²) in [4.78, 5) is 34.6. The molecule has 2 saturated heterocycles. The largest absolute Gasteiger partial charge is 0.399 e. The van der Waals surface area contributed by atoms with Gasteiger partial charge < -0.3 is 35.2 Å². The van der Waals surface area contributed by atoms with Gasteiger partial charge in [-0.25, -0.2) is 27.2 Å². The third-order valence-electron chi connectivity index (χ3n) is 13.7. The van der Waals surface area contributed by atoms with Crippen molar-refractivity contribution < 1.29 is 36.2 Å². The lowest BCUT2D eigenvalue weighted by Gasteiger charge is -2.41. The Labute approximate surface area is 467 Å². The monoisotopic (exact) mass is 1100 g/mol. The lowest BCUT2D eigenvalue weighted by atomic mass is 9.96. The van der Waals surface area contributed by atoms with Gasteiger partial charge in [0.15, 0.2) is 11.5 Å². The van der Waals surface area contributed by atoms with Crippen molar-refractivity contribution in [2.24, 2.45) is 4.99 Å². The third-order valence-corrected chi connectivity index (χ3v) is 13.7. The Kier molecular flexibility index (Phi) is 19.9. The van der Waals surface area contributed by atoms with Crippen LogP contribution in [0.1, 0.15) is 75.8 Å². The van der Waals surface area contributed by atoms with Crippen molar-refractivity contribution in [1.29, 1.82) is 10.5 Å². The van der Waals surface area contributed by atoms with Gasteiger partial charge in [-0.05, 0) is 135 Å². The summed E-state index contributed by atoms with van der Waals surface area (Å²) in [6.07, 6.45) is 1.43. The molecule has 4 N–H and O–H groups in total. The summed E-state index contributed by atoms with van der Waals surface area (Å²) in [6.45, 7) is 12.4. The van der Waals surface area contributed by atoms with Crippen LogP contribution in [0.5, 0.6) is 0 Å². The molecule has 0 spiro atoms. The number of benzene rings is 6.